The molecule has 0 aliphatic heterocycles. The van der Waals surface area contributed by atoms with Crippen LogP contribution in [0.2, 0.25) is 5.02 Å². The summed E-state index contributed by atoms with van der Waals surface area (Å²) in [6.07, 6.45) is 0.894. The first kappa shape index (κ1) is 18.8. The van der Waals surface area contributed by atoms with Gasteiger partial charge in [0.25, 0.3) is 0 Å². The highest BCUT2D eigenvalue weighted by Crippen LogP contribution is 2.25. The molecule has 132 valence electrons. The molecular formula is C19H20ClNO4. The predicted molar refractivity (Wildman–Crippen MR) is 96.0 cm³/mol. The van der Waals surface area contributed by atoms with E-state index in [2.05, 4.69) is 5.32 Å². The maximum absolute atomic E-state index is 12.1. The van der Waals surface area contributed by atoms with Crippen LogP contribution in [-0.4, -0.2) is 30.1 Å². The highest BCUT2D eigenvalue weighted by atomic mass is 35.5. The second kappa shape index (κ2) is 9.08. The van der Waals surface area contributed by atoms with Crippen LogP contribution < -0.4 is 10.1 Å². The number of aryl methyl sites for hydroxylation is 1. The van der Waals surface area contributed by atoms with Gasteiger partial charge in [0.2, 0.25) is 5.91 Å². The van der Waals surface area contributed by atoms with Gasteiger partial charge in [0.05, 0.1) is 12.1 Å². The quantitative estimate of drug-likeness (QED) is 0.757. The van der Waals surface area contributed by atoms with Crippen LogP contribution in [-0.2, 0) is 22.4 Å². The molecule has 0 aliphatic rings. The summed E-state index contributed by atoms with van der Waals surface area (Å²) in [7, 11) is 1.53. The van der Waals surface area contributed by atoms with E-state index in [0.29, 0.717) is 17.2 Å². The Kier molecular flexibility index (Phi) is 6.83. The normalized spacial score (nSPS) is 11.6. The third-order valence-corrected chi connectivity index (χ3v) is 4.07. The standard InChI is InChI=1S/C19H20ClNO4/c1-25-17-9-7-14(11-15(17)20)8-10-18(22)21-16(19(23)24)12-13-5-3-2-4-6-13/h2-7,9,11,16H,8,10,12H2,1H3,(H,21,22)(H,23,24). The highest BCUT2D eigenvalue weighted by molar-refractivity contribution is 6.32. The van der Waals surface area contributed by atoms with Gasteiger partial charge in [0.1, 0.15) is 11.8 Å². The number of carbonyl (C=O) groups excluding carboxylic acids is 1. The Labute approximate surface area is 151 Å². The van der Waals surface area contributed by atoms with E-state index in [1.807, 2.05) is 36.4 Å². The summed E-state index contributed by atoms with van der Waals surface area (Å²) < 4.78 is 5.08. The topological polar surface area (TPSA) is 75.6 Å². The Morgan fingerprint density at radius 2 is 1.88 bits per heavy atom. The first-order valence-corrected chi connectivity index (χ1v) is 8.26. The van der Waals surface area contributed by atoms with E-state index in [1.54, 1.807) is 12.1 Å². The van der Waals surface area contributed by atoms with Crippen molar-refractivity contribution in [3.05, 3.63) is 64.7 Å². The van der Waals surface area contributed by atoms with Crippen molar-refractivity contribution in [2.75, 3.05) is 7.11 Å². The molecule has 0 fully saturated rings. The number of aliphatic carboxylic acids is 1. The van der Waals surface area contributed by atoms with E-state index >= 15 is 0 Å². The SMILES string of the molecule is COc1ccc(CCC(=O)NC(Cc2ccccc2)C(=O)O)cc1Cl. The molecule has 25 heavy (non-hydrogen) atoms. The van der Waals surface area contributed by atoms with Crippen molar-refractivity contribution >= 4 is 23.5 Å². The molecule has 0 aliphatic carbocycles. The fraction of sp³-hybridized carbons (Fsp3) is 0.263. The molecule has 2 N–H and O–H groups in total. The van der Waals surface area contributed by atoms with Crippen LogP contribution in [0.3, 0.4) is 0 Å². The minimum atomic E-state index is -1.05. The zero-order valence-corrected chi connectivity index (χ0v) is 14.6. The van der Waals surface area contributed by atoms with Crippen LogP contribution >= 0.6 is 11.6 Å². The number of halogens is 1. The van der Waals surface area contributed by atoms with E-state index in [4.69, 9.17) is 16.3 Å². The molecule has 0 spiro atoms. The molecule has 0 aromatic heterocycles. The molecule has 6 heteroatoms. The molecule has 5 nitrogen and oxygen atoms in total. The van der Waals surface area contributed by atoms with Crippen molar-refractivity contribution in [2.24, 2.45) is 0 Å². The van der Waals surface area contributed by atoms with Crippen LogP contribution in [0.4, 0.5) is 0 Å². The van der Waals surface area contributed by atoms with Crippen LogP contribution in [0.15, 0.2) is 48.5 Å². The Bertz CT molecular complexity index is 733. The summed E-state index contributed by atoms with van der Waals surface area (Å²) in [5.41, 5.74) is 1.74. The summed E-state index contributed by atoms with van der Waals surface area (Å²) in [5.74, 6) is -0.788. The molecular weight excluding hydrogens is 342 g/mol. The fourth-order valence-corrected chi connectivity index (χ4v) is 2.72. The van der Waals surface area contributed by atoms with Gasteiger partial charge in [-0.3, -0.25) is 4.79 Å². The minimum Gasteiger partial charge on any atom is -0.495 e. The number of carboxylic acids is 1. The number of benzene rings is 2. The lowest BCUT2D eigenvalue weighted by molar-refractivity contribution is -0.141. The van der Waals surface area contributed by atoms with Crippen molar-refractivity contribution in [3.63, 3.8) is 0 Å². The molecule has 2 aromatic rings. The monoisotopic (exact) mass is 361 g/mol. The zero-order chi connectivity index (χ0) is 18.2. The lowest BCUT2D eigenvalue weighted by Gasteiger charge is -2.15. The third kappa shape index (κ3) is 5.80. The number of hydrogen-bond donors (Lipinski definition) is 2. The summed E-state index contributed by atoms with van der Waals surface area (Å²) in [6, 6.07) is 13.6. The van der Waals surface area contributed by atoms with Crippen LogP contribution in [0, 0.1) is 0 Å². The van der Waals surface area contributed by atoms with Gasteiger partial charge in [-0.25, -0.2) is 4.79 Å². The van der Waals surface area contributed by atoms with E-state index in [0.717, 1.165) is 11.1 Å². The zero-order valence-electron chi connectivity index (χ0n) is 13.9. The fourth-order valence-electron chi connectivity index (χ4n) is 2.44. The predicted octanol–water partition coefficient (Wildman–Crippen LogP) is 3.09. The second-order valence-electron chi connectivity index (χ2n) is 5.62. The molecule has 1 atom stereocenters. The van der Waals surface area contributed by atoms with Crippen LogP contribution in [0.25, 0.3) is 0 Å². The number of carbonyl (C=O) groups is 2. The van der Waals surface area contributed by atoms with Gasteiger partial charge < -0.3 is 15.2 Å². The van der Waals surface area contributed by atoms with Crippen molar-refractivity contribution in [2.45, 2.75) is 25.3 Å². The molecule has 0 saturated heterocycles. The van der Waals surface area contributed by atoms with E-state index < -0.39 is 12.0 Å². The van der Waals surface area contributed by atoms with Gasteiger partial charge in [0, 0.05) is 12.8 Å². The summed E-state index contributed by atoms with van der Waals surface area (Å²) >= 11 is 6.06. The minimum absolute atomic E-state index is 0.182. The lowest BCUT2D eigenvalue weighted by atomic mass is 10.1. The number of rotatable bonds is 8. The first-order chi connectivity index (χ1) is 12.0. The smallest absolute Gasteiger partial charge is 0.326 e. The molecule has 1 unspecified atom stereocenters. The lowest BCUT2D eigenvalue weighted by Crippen LogP contribution is -2.42. The number of amides is 1. The van der Waals surface area contributed by atoms with Gasteiger partial charge in [0.15, 0.2) is 0 Å². The summed E-state index contributed by atoms with van der Waals surface area (Å²) in [6.45, 7) is 0. The highest BCUT2D eigenvalue weighted by Gasteiger charge is 2.20. The number of ether oxygens (including phenoxy) is 1. The van der Waals surface area contributed by atoms with Gasteiger partial charge >= 0.3 is 5.97 Å². The molecule has 2 rings (SSSR count). The van der Waals surface area contributed by atoms with Gasteiger partial charge in [-0.15, -0.1) is 0 Å². The Morgan fingerprint density at radius 1 is 1.16 bits per heavy atom. The molecule has 0 saturated carbocycles. The van der Waals surface area contributed by atoms with Gasteiger partial charge in [-0.05, 0) is 29.7 Å². The number of nitrogens with one attached hydrogen (secondary N) is 1. The maximum atomic E-state index is 12.1. The third-order valence-electron chi connectivity index (χ3n) is 3.77. The molecule has 0 radical (unpaired) electrons. The van der Waals surface area contributed by atoms with Crippen molar-refractivity contribution in [1.29, 1.82) is 0 Å². The Morgan fingerprint density at radius 3 is 2.48 bits per heavy atom. The Balaban J connectivity index is 1.90. The molecule has 0 bridgehead atoms. The molecule has 2 aromatic carbocycles. The van der Waals surface area contributed by atoms with E-state index in [9.17, 15) is 14.7 Å². The average Bonchev–Trinajstić information content (AvgIpc) is 2.60. The average molecular weight is 362 g/mol. The maximum Gasteiger partial charge on any atom is 0.326 e. The Hall–Kier alpha value is -2.53. The first-order valence-electron chi connectivity index (χ1n) is 7.88. The number of hydrogen-bond acceptors (Lipinski definition) is 3. The summed E-state index contributed by atoms with van der Waals surface area (Å²) in [4.78, 5) is 23.5. The van der Waals surface area contributed by atoms with Crippen molar-refractivity contribution in [3.8, 4) is 5.75 Å². The molecule has 0 heterocycles. The van der Waals surface area contributed by atoms with E-state index in [1.165, 1.54) is 7.11 Å². The van der Waals surface area contributed by atoms with Crippen LogP contribution in [0.1, 0.15) is 17.5 Å². The second-order valence-corrected chi connectivity index (χ2v) is 6.02. The molecule has 1 amide bonds. The van der Waals surface area contributed by atoms with Gasteiger partial charge in [-0.2, -0.15) is 0 Å². The largest absolute Gasteiger partial charge is 0.495 e. The van der Waals surface area contributed by atoms with E-state index in [-0.39, 0.29) is 18.7 Å². The summed E-state index contributed by atoms with van der Waals surface area (Å²) in [5, 5.41) is 12.4. The van der Waals surface area contributed by atoms with Gasteiger partial charge in [-0.1, -0.05) is 48.0 Å². The number of carboxylic acid groups (broad SMARTS) is 1. The number of methoxy groups -OCH3 is 1. The van der Waals surface area contributed by atoms with Crippen molar-refractivity contribution in [1.82, 2.24) is 5.32 Å². The van der Waals surface area contributed by atoms with Crippen LogP contribution in [0.5, 0.6) is 5.75 Å². The van der Waals surface area contributed by atoms with Crippen molar-refractivity contribution < 1.29 is 19.4 Å².